The highest BCUT2D eigenvalue weighted by atomic mass is 32.2. The number of anilines is 1. The molecule has 3 rings (SSSR count). The Morgan fingerprint density at radius 1 is 1.15 bits per heavy atom. The van der Waals surface area contributed by atoms with Crippen LogP contribution < -0.4 is 16.6 Å². The first-order valence-electron chi connectivity index (χ1n) is 7.67. The van der Waals surface area contributed by atoms with Gasteiger partial charge in [0, 0.05) is 12.6 Å². The molecule has 27 heavy (non-hydrogen) atoms. The number of amides is 2. The minimum atomic E-state index is -4.58. The number of nitrogens with two attached hydrogens (primary N) is 1. The Bertz CT molecular complexity index is 1150. The van der Waals surface area contributed by atoms with Gasteiger partial charge in [0.05, 0.1) is 16.8 Å². The lowest BCUT2D eigenvalue weighted by Crippen LogP contribution is -2.24. The number of hydrogen-bond donors (Lipinski definition) is 3. The van der Waals surface area contributed by atoms with E-state index in [1.807, 2.05) is 5.32 Å². The number of carbonyl (C=O) groups excluding carboxylic acids is 2. The van der Waals surface area contributed by atoms with Crippen LogP contribution >= 0.6 is 0 Å². The zero-order valence-electron chi connectivity index (χ0n) is 14.4. The summed E-state index contributed by atoms with van der Waals surface area (Å²) < 4.78 is 34.0. The molecular weight excluding hydrogens is 376 g/mol. The molecule has 10 nitrogen and oxygen atoms in total. The van der Waals surface area contributed by atoms with Crippen molar-refractivity contribution in [2.24, 2.45) is 0 Å². The molecule has 2 aromatic rings. The van der Waals surface area contributed by atoms with Crippen molar-refractivity contribution in [3.8, 4) is 5.69 Å². The topological polar surface area (TPSA) is 152 Å². The van der Waals surface area contributed by atoms with Crippen LogP contribution in [0.2, 0.25) is 0 Å². The van der Waals surface area contributed by atoms with E-state index in [1.54, 1.807) is 19.0 Å². The molecule has 0 unspecified atom stereocenters. The van der Waals surface area contributed by atoms with Crippen LogP contribution in [0.5, 0.6) is 0 Å². The van der Waals surface area contributed by atoms with Crippen LogP contribution in [0.15, 0.2) is 34.0 Å². The van der Waals surface area contributed by atoms with Crippen LogP contribution in [0.4, 0.5) is 5.82 Å². The minimum Gasteiger partial charge on any atom is -0.384 e. The molecule has 0 bridgehead atoms. The molecule has 1 aliphatic rings. The van der Waals surface area contributed by atoms with Crippen LogP contribution in [0.25, 0.3) is 5.69 Å². The lowest BCUT2D eigenvalue weighted by atomic mass is 10.1. The second-order valence-electron chi connectivity index (χ2n) is 6.28. The summed E-state index contributed by atoms with van der Waals surface area (Å²) in [5.41, 5.74) is 5.24. The first kappa shape index (κ1) is 18.8. The number of hydrogen-bond acceptors (Lipinski definition) is 7. The maximum absolute atomic E-state index is 12.4. The summed E-state index contributed by atoms with van der Waals surface area (Å²) in [5.74, 6) is -1.78. The van der Waals surface area contributed by atoms with E-state index in [-0.39, 0.29) is 34.1 Å². The van der Waals surface area contributed by atoms with Crippen molar-refractivity contribution >= 4 is 27.8 Å². The van der Waals surface area contributed by atoms with E-state index < -0.39 is 27.5 Å². The third kappa shape index (κ3) is 3.23. The molecule has 0 fully saturated rings. The number of aromatic nitrogens is 1. The molecule has 2 amide bonds. The minimum absolute atomic E-state index is 0.0302. The van der Waals surface area contributed by atoms with E-state index in [1.165, 1.54) is 12.1 Å². The quantitative estimate of drug-likeness (QED) is 0.470. The highest BCUT2D eigenvalue weighted by Gasteiger charge is 2.32. The van der Waals surface area contributed by atoms with Crippen LogP contribution in [0.1, 0.15) is 26.3 Å². The van der Waals surface area contributed by atoms with Gasteiger partial charge in [-0.15, -0.1) is 0 Å². The Kier molecular flexibility index (Phi) is 4.38. The zero-order valence-corrected chi connectivity index (χ0v) is 15.2. The van der Waals surface area contributed by atoms with Gasteiger partial charge in [-0.05, 0) is 31.8 Å². The number of rotatable bonds is 4. The third-order valence-electron chi connectivity index (χ3n) is 4.03. The van der Waals surface area contributed by atoms with E-state index in [2.05, 4.69) is 0 Å². The number of benzene rings is 1. The van der Waals surface area contributed by atoms with Crippen LogP contribution in [0, 0.1) is 0 Å². The SMILES string of the molecule is CN(C)Cc1ccc(-n2c(N)c3c(cc2=O)C(=O)NC3=O)cc1S(=O)(=O)O. The average Bonchev–Trinajstić information content (AvgIpc) is 2.81. The number of nitrogens with one attached hydrogen (secondary N) is 1. The molecule has 11 heteroatoms. The Hall–Kier alpha value is -3.02. The molecule has 1 aromatic carbocycles. The molecule has 1 aliphatic heterocycles. The van der Waals surface area contributed by atoms with Crippen molar-refractivity contribution in [1.29, 1.82) is 0 Å². The molecule has 2 heterocycles. The number of nitrogen functional groups attached to an aromatic ring is 1. The molecular formula is C16H16N4O6S. The van der Waals surface area contributed by atoms with Crippen molar-refractivity contribution in [3.05, 3.63) is 51.3 Å². The summed E-state index contributed by atoms with van der Waals surface area (Å²) in [5, 5.41) is 2.04. The maximum atomic E-state index is 12.4. The first-order chi connectivity index (χ1) is 12.5. The van der Waals surface area contributed by atoms with Crippen molar-refractivity contribution < 1.29 is 22.6 Å². The molecule has 0 radical (unpaired) electrons. The van der Waals surface area contributed by atoms with Crippen molar-refractivity contribution in [2.75, 3.05) is 19.8 Å². The first-order valence-corrected chi connectivity index (χ1v) is 9.11. The third-order valence-corrected chi connectivity index (χ3v) is 4.96. The van der Waals surface area contributed by atoms with E-state index in [9.17, 15) is 27.4 Å². The van der Waals surface area contributed by atoms with Gasteiger partial charge in [0.25, 0.3) is 27.5 Å². The van der Waals surface area contributed by atoms with E-state index in [4.69, 9.17) is 5.73 Å². The molecule has 4 N–H and O–H groups in total. The van der Waals surface area contributed by atoms with Gasteiger partial charge in [0.1, 0.15) is 10.7 Å². The standard InChI is InChI=1S/C16H16N4O6S/c1-19(2)7-8-3-4-9(5-11(8)27(24,25)26)20-12(21)6-10-13(14(20)17)16(23)18-15(10)22/h3-6H,7,17H2,1-2H3,(H,18,22,23)(H,24,25,26). The lowest BCUT2D eigenvalue weighted by molar-refractivity contribution is 0.0880. The predicted octanol–water partition coefficient (Wildman–Crippen LogP) is -0.388. The Morgan fingerprint density at radius 3 is 2.41 bits per heavy atom. The number of carbonyl (C=O) groups is 2. The van der Waals surface area contributed by atoms with Gasteiger partial charge >= 0.3 is 0 Å². The fourth-order valence-electron chi connectivity index (χ4n) is 2.94. The molecule has 0 saturated heterocycles. The number of nitrogens with zero attached hydrogens (tertiary/aromatic N) is 2. The van der Waals surface area contributed by atoms with Crippen LogP contribution in [0.3, 0.4) is 0 Å². The normalized spacial score (nSPS) is 13.8. The van der Waals surface area contributed by atoms with Gasteiger partial charge in [-0.25, -0.2) is 0 Å². The molecule has 142 valence electrons. The molecule has 1 aromatic heterocycles. The van der Waals surface area contributed by atoms with E-state index >= 15 is 0 Å². The Labute approximate surface area is 153 Å². The number of imide groups is 1. The summed E-state index contributed by atoms with van der Waals surface area (Å²) in [6.07, 6.45) is 0. The second kappa shape index (κ2) is 6.30. The highest BCUT2D eigenvalue weighted by Crippen LogP contribution is 2.25. The predicted molar refractivity (Wildman–Crippen MR) is 95.5 cm³/mol. The largest absolute Gasteiger partial charge is 0.384 e. The smallest absolute Gasteiger partial charge is 0.294 e. The van der Waals surface area contributed by atoms with Crippen molar-refractivity contribution in [3.63, 3.8) is 0 Å². The highest BCUT2D eigenvalue weighted by molar-refractivity contribution is 7.85. The average molecular weight is 392 g/mol. The van der Waals surface area contributed by atoms with Crippen molar-refractivity contribution in [2.45, 2.75) is 11.4 Å². The van der Waals surface area contributed by atoms with Crippen LogP contribution in [-0.4, -0.2) is 48.3 Å². The number of fused-ring (bicyclic) bond motifs is 1. The van der Waals surface area contributed by atoms with Crippen LogP contribution in [-0.2, 0) is 16.7 Å². The van der Waals surface area contributed by atoms with Gasteiger partial charge in [-0.1, -0.05) is 6.07 Å². The lowest BCUT2D eigenvalue weighted by Gasteiger charge is -2.16. The summed E-state index contributed by atoms with van der Waals surface area (Å²) in [7, 11) is -1.14. The van der Waals surface area contributed by atoms with Crippen molar-refractivity contribution in [1.82, 2.24) is 14.8 Å². The fraction of sp³-hybridized carbons (Fsp3) is 0.188. The van der Waals surface area contributed by atoms with Gasteiger partial charge in [0.2, 0.25) is 0 Å². The second-order valence-corrected chi connectivity index (χ2v) is 7.67. The maximum Gasteiger partial charge on any atom is 0.294 e. The summed E-state index contributed by atoms with van der Waals surface area (Å²) >= 11 is 0. The summed E-state index contributed by atoms with van der Waals surface area (Å²) in [6, 6.07) is 4.91. The monoisotopic (exact) mass is 392 g/mol. The molecule has 0 atom stereocenters. The van der Waals surface area contributed by atoms with Gasteiger partial charge < -0.3 is 10.6 Å². The molecule has 0 saturated carbocycles. The molecule has 0 aliphatic carbocycles. The zero-order chi connectivity index (χ0) is 20.1. The number of pyridine rings is 1. The Morgan fingerprint density at radius 2 is 1.81 bits per heavy atom. The van der Waals surface area contributed by atoms with E-state index in [0.29, 0.717) is 5.56 Å². The van der Waals surface area contributed by atoms with E-state index in [0.717, 1.165) is 16.7 Å². The summed E-state index contributed by atoms with van der Waals surface area (Å²) in [6.45, 7) is 0.223. The summed E-state index contributed by atoms with van der Waals surface area (Å²) in [4.78, 5) is 37.4. The van der Waals surface area contributed by atoms with Gasteiger partial charge in [-0.3, -0.25) is 28.8 Å². The fourth-order valence-corrected chi connectivity index (χ4v) is 3.67. The van der Waals surface area contributed by atoms with Gasteiger partial charge in [-0.2, -0.15) is 8.42 Å². The van der Waals surface area contributed by atoms with Gasteiger partial charge in [0.15, 0.2) is 0 Å². The molecule has 0 spiro atoms. The Balaban J connectivity index is 2.27.